The molecule has 13 heavy (non-hydrogen) atoms. The van der Waals surface area contributed by atoms with Gasteiger partial charge in [-0.1, -0.05) is 5.18 Å². The Morgan fingerprint density at radius 2 is 2.31 bits per heavy atom. The molecule has 1 fully saturated rings. The maximum absolute atomic E-state index is 11.1. The number of ether oxygens (including phenoxy) is 2. The number of rotatable bonds is 5. The molecule has 1 aliphatic heterocycles. The maximum Gasteiger partial charge on any atom is 0.306 e. The Morgan fingerprint density at radius 3 is 2.69 bits per heavy atom. The van der Waals surface area contributed by atoms with Crippen molar-refractivity contribution in [2.75, 3.05) is 26.4 Å². The normalized spacial score (nSPS) is 18.8. The molecule has 5 nitrogen and oxygen atoms in total. The first-order valence-electron chi connectivity index (χ1n) is 4.25. The van der Waals surface area contributed by atoms with Gasteiger partial charge in [0.15, 0.2) is 0 Å². The van der Waals surface area contributed by atoms with Crippen molar-refractivity contribution in [1.29, 1.82) is 0 Å². The van der Waals surface area contributed by atoms with Crippen molar-refractivity contribution in [1.82, 2.24) is 0 Å². The first-order chi connectivity index (χ1) is 6.22. The Kier molecular flexibility index (Phi) is 3.36. The van der Waals surface area contributed by atoms with E-state index in [1.807, 2.05) is 0 Å². The lowest BCUT2D eigenvalue weighted by molar-refractivity contribution is -0.159. The summed E-state index contributed by atoms with van der Waals surface area (Å²) in [5, 5.41) is 2.81. The number of nitroso groups, excluding NO2 is 1. The molecule has 0 saturated carbocycles. The molecule has 0 aromatic rings. The van der Waals surface area contributed by atoms with E-state index >= 15 is 0 Å². The van der Waals surface area contributed by atoms with E-state index in [2.05, 4.69) is 5.18 Å². The van der Waals surface area contributed by atoms with Gasteiger partial charge in [0.05, 0.1) is 38.2 Å². The molecule has 0 unspecified atom stereocenters. The molecule has 1 aliphatic rings. The van der Waals surface area contributed by atoms with Crippen LogP contribution in [0.25, 0.3) is 0 Å². The molecule has 0 aromatic heterocycles. The van der Waals surface area contributed by atoms with Crippen LogP contribution in [0.1, 0.15) is 13.3 Å². The fraction of sp³-hybridized carbons (Fsp3) is 0.875. The zero-order valence-electron chi connectivity index (χ0n) is 7.62. The van der Waals surface area contributed by atoms with Gasteiger partial charge in [-0.25, -0.2) is 0 Å². The molecule has 0 aliphatic carbocycles. The molecule has 0 atom stereocenters. The van der Waals surface area contributed by atoms with E-state index in [9.17, 15) is 9.70 Å². The Labute approximate surface area is 76.4 Å². The van der Waals surface area contributed by atoms with Crippen LogP contribution >= 0.6 is 0 Å². The Morgan fingerprint density at radius 1 is 1.62 bits per heavy atom. The van der Waals surface area contributed by atoms with Crippen LogP contribution in [0.4, 0.5) is 0 Å². The number of esters is 1. The number of nitrogens with zero attached hydrogens (tertiary/aromatic N) is 1. The highest BCUT2D eigenvalue weighted by Crippen LogP contribution is 2.32. The van der Waals surface area contributed by atoms with Crippen molar-refractivity contribution in [2.45, 2.75) is 13.3 Å². The number of hydrogen-bond donors (Lipinski definition) is 0. The molecule has 1 saturated heterocycles. The van der Waals surface area contributed by atoms with Gasteiger partial charge in [0.1, 0.15) is 0 Å². The second-order valence-electron chi connectivity index (χ2n) is 3.26. The van der Waals surface area contributed by atoms with E-state index in [0.29, 0.717) is 19.8 Å². The summed E-state index contributed by atoms with van der Waals surface area (Å²) < 4.78 is 9.74. The molecular weight excluding hydrogens is 174 g/mol. The van der Waals surface area contributed by atoms with Gasteiger partial charge in [0.25, 0.3) is 0 Å². The van der Waals surface area contributed by atoms with Crippen LogP contribution in [0, 0.1) is 10.3 Å². The topological polar surface area (TPSA) is 65.0 Å². The van der Waals surface area contributed by atoms with Gasteiger partial charge >= 0.3 is 5.97 Å². The number of carbonyl (C=O) groups excluding carboxylic acids is 1. The van der Waals surface area contributed by atoms with Crippen LogP contribution in [-0.2, 0) is 14.3 Å². The van der Waals surface area contributed by atoms with Crippen molar-refractivity contribution in [3.05, 3.63) is 4.91 Å². The molecule has 0 radical (unpaired) electrons. The second kappa shape index (κ2) is 4.32. The minimum atomic E-state index is -0.381. The fourth-order valence-electron chi connectivity index (χ4n) is 1.30. The van der Waals surface area contributed by atoms with E-state index in [0.717, 1.165) is 0 Å². The molecule has 0 aromatic carbocycles. The minimum Gasteiger partial charge on any atom is -0.466 e. The van der Waals surface area contributed by atoms with Crippen LogP contribution in [0.15, 0.2) is 5.18 Å². The zero-order chi connectivity index (χ0) is 9.73. The highest BCUT2D eigenvalue weighted by molar-refractivity contribution is 5.70. The molecule has 0 spiro atoms. The van der Waals surface area contributed by atoms with Crippen LogP contribution in [-0.4, -0.2) is 32.3 Å². The van der Waals surface area contributed by atoms with Gasteiger partial charge in [-0.15, -0.1) is 0 Å². The fourth-order valence-corrected chi connectivity index (χ4v) is 1.30. The third-order valence-corrected chi connectivity index (χ3v) is 2.04. The van der Waals surface area contributed by atoms with Crippen molar-refractivity contribution in [3.63, 3.8) is 0 Å². The quantitative estimate of drug-likeness (QED) is 0.470. The van der Waals surface area contributed by atoms with Gasteiger partial charge in [-0.05, 0) is 6.92 Å². The van der Waals surface area contributed by atoms with Crippen molar-refractivity contribution >= 4 is 5.97 Å². The summed E-state index contributed by atoms with van der Waals surface area (Å²) in [5.74, 6) is -0.283. The van der Waals surface area contributed by atoms with E-state index in [4.69, 9.17) is 9.47 Å². The first kappa shape index (κ1) is 10.1. The molecule has 1 heterocycles. The summed E-state index contributed by atoms with van der Waals surface area (Å²) in [6.07, 6.45) is 0.229. The van der Waals surface area contributed by atoms with Gasteiger partial charge in [-0.2, -0.15) is 4.91 Å². The minimum absolute atomic E-state index is 0.131. The summed E-state index contributed by atoms with van der Waals surface area (Å²) in [5.41, 5.74) is -0.381. The molecule has 5 heteroatoms. The maximum atomic E-state index is 11.1. The summed E-state index contributed by atoms with van der Waals surface area (Å²) in [7, 11) is 0. The van der Waals surface area contributed by atoms with Crippen LogP contribution < -0.4 is 0 Å². The van der Waals surface area contributed by atoms with Crippen molar-refractivity contribution in [2.24, 2.45) is 10.6 Å². The monoisotopic (exact) mass is 187 g/mol. The highest BCUT2D eigenvalue weighted by Gasteiger charge is 2.41. The largest absolute Gasteiger partial charge is 0.466 e. The average Bonchev–Trinajstić information content (AvgIpc) is 2.01. The summed E-state index contributed by atoms with van der Waals surface area (Å²) >= 11 is 0. The summed E-state index contributed by atoms with van der Waals surface area (Å²) in [6.45, 7) is 3.10. The van der Waals surface area contributed by atoms with Crippen LogP contribution in [0.5, 0.6) is 0 Å². The number of hydrogen-bond acceptors (Lipinski definition) is 5. The lowest BCUT2D eigenvalue weighted by Gasteiger charge is -2.38. The predicted molar refractivity (Wildman–Crippen MR) is 45.2 cm³/mol. The molecule has 0 amide bonds. The van der Waals surface area contributed by atoms with Gasteiger partial charge in [-0.3, -0.25) is 4.79 Å². The Balaban J connectivity index is 2.38. The predicted octanol–water partition coefficient (Wildman–Crippen LogP) is 0.723. The van der Waals surface area contributed by atoms with Gasteiger partial charge in [0, 0.05) is 0 Å². The van der Waals surface area contributed by atoms with Gasteiger partial charge in [0.2, 0.25) is 0 Å². The molecule has 0 N–H and O–H groups in total. The smallest absolute Gasteiger partial charge is 0.306 e. The van der Waals surface area contributed by atoms with Crippen molar-refractivity contribution in [3.8, 4) is 0 Å². The second-order valence-corrected chi connectivity index (χ2v) is 3.26. The lowest BCUT2D eigenvalue weighted by Crippen LogP contribution is -2.46. The zero-order valence-corrected chi connectivity index (χ0v) is 7.62. The summed E-state index contributed by atoms with van der Waals surface area (Å²) in [4.78, 5) is 21.2. The van der Waals surface area contributed by atoms with Crippen LogP contribution in [0.2, 0.25) is 0 Å². The van der Waals surface area contributed by atoms with Gasteiger partial charge < -0.3 is 9.47 Å². The van der Waals surface area contributed by atoms with E-state index < -0.39 is 0 Å². The third kappa shape index (κ3) is 2.48. The third-order valence-electron chi connectivity index (χ3n) is 2.04. The van der Waals surface area contributed by atoms with Crippen molar-refractivity contribution < 1.29 is 14.3 Å². The average molecular weight is 187 g/mol. The Bertz CT molecular complexity index is 200. The molecule has 74 valence electrons. The molecule has 0 bridgehead atoms. The van der Waals surface area contributed by atoms with E-state index in [-0.39, 0.29) is 24.3 Å². The first-order valence-corrected chi connectivity index (χ1v) is 4.25. The van der Waals surface area contributed by atoms with E-state index in [1.165, 1.54) is 0 Å². The molecular formula is C8H13NO4. The Hall–Kier alpha value is -0.970. The van der Waals surface area contributed by atoms with Crippen LogP contribution in [0.3, 0.4) is 0 Å². The summed E-state index contributed by atoms with van der Waals surface area (Å²) in [6, 6.07) is 0. The molecule has 1 rings (SSSR count). The SMILES string of the molecule is CCOC(=O)CC1(CN=O)COC1. The number of carbonyl (C=O) groups is 1. The highest BCUT2D eigenvalue weighted by atomic mass is 16.5. The lowest BCUT2D eigenvalue weighted by atomic mass is 9.83. The standard InChI is InChI=1S/C8H13NO4/c1-2-13-7(10)3-8(4-9-11)5-12-6-8/h2-6H2,1H3. The van der Waals surface area contributed by atoms with E-state index in [1.54, 1.807) is 6.92 Å².